The Kier molecular flexibility index (Phi) is 2.91. The Labute approximate surface area is 98.2 Å². The fourth-order valence-corrected chi connectivity index (χ4v) is 1.65. The molecule has 7 heteroatoms. The van der Waals surface area contributed by atoms with Gasteiger partial charge in [0.25, 0.3) is 0 Å². The second kappa shape index (κ2) is 4.21. The van der Waals surface area contributed by atoms with E-state index in [-0.39, 0.29) is 5.28 Å². The molecule has 0 amide bonds. The van der Waals surface area contributed by atoms with Crippen molar-refractivity contribution in [3.63, 3.8) is 0 Å². The molecule has 0 aliphatic rings. The average molecular weight is 241 g/mol. The predicted molar refractivity (Wildman–Crippen MR) is 62.7 cm³/mol. The highest BCUT2D eigenvalue weighted by Gasteiger charge is 2.14. The first-order valence-corrected chi connectivity index (χ1v) is 5.45. The van der Waals surface area contributed by atoms with Crippen molar-refractivity contribution in [2.45, 2.75) is 19.9 Å². The Bertz CT molecular complexity index is 506. The lowest BCUT2D eigenvalue weighted by Gasteiger charge is -2.10. The molecule has 0 aliphatic heterocycles. The van der Waals surface area contributed by atoms with Gasteiger partial charge in [0.2, 0.25) is 5.28 Å². The van der Waals surface area contributed by atoms with E-state index < -0.39 is 0 Å². The molecule has 0 bridgehead atoms. The van der Waals surface area contributed by atoms with Gasteiger partial charge >= 0.3 is 0 Å². The maximum absolute atomic E-state index is 5.88. The molecular weight excluding hydrogens is 228 g/mol. The van der Waals surface area contributed by atoms with Crippen LogP contribution < -0.4 is 4.90 Å². The Morgan fingerprint density at radius 2 is 2.06 bits per heavy atom. The Hall–Kier alpha value is -1.43. The molecule has 2 aromatic heterocycles. The summed E-state index contributed by atoms with van der Waals surface area (Å²) in [4.78, 5) is 10.1. The minimum atomic E-state index is 0.218. The topological polar surface area (TPSA) is 59.7 Å². The number of halogens is 1. The summed E-state index contributed by atoms with van der Waals surface area (Å²) in [6.07, 6.45) is 0.970. The first-order chi connectivity index (χ1) is 7.63. The number of rotatable bonds is 3. The van der Waals surface area contributed by atoms with Crippen molar-refractivity contribution < 1.29 is 0 Å². The monoisotopic (exact) mass is 240 g/mol. The zero-order valence-electron chi connectivity index (χ0n) is 9.48. The van der Waals surface area contributed by atoms with Gasteiger partial charge in [0, 0.05) is 20.6 Å². The van der Waals surface area contributed by atoms with E-state index in [1.165, 1.54) is 0 Å². The van der Waals surface area contributed by atoms with Gasteiger partial charge in [-0.05, 0) is 18.0 Å². The zero-order valence-corrected chi connectivity index (χ0v) is 10.2. The maximum Gasteiger partial charge on any atom is 0.226 e. The lowest BCUT2D eigenvalue weighted by Crippen LogP contribution is -2.12. The molecule has 0 aromatic carbocycles. The second-order valence-corrected chi connectivity index (χ2v) is 4.03. The van der Waals surface area contributed by atoms with Gasteiger partial charge in [0.1, 0.15) is 0 Å². The third kappa shape index (κ3) is 1.80. The lowest BCUT2D eigenvalue weighted by atomic mass is 10.4. The van der Waals surface area contributed by atoms with Crippen molar-refractivity contribution in [3.8, 4) is 0 Å². The van der Waals surface area contributed by atoms with Gasteiger partial charge in [-0.3, -0.25) is 0 Å². The summed E-state index contributed by atoms with van der Waals surface area (Å²) in [7, 11) is 3.77. The standard InChI is InChI=1S/C9H13ClN6/c1-4-5-16-8-6(13-14-16)7(15(2)3)11-9(10)12-8/h4-5H2,1-3H3. The van der Waals surface area contributed by atoms with E-state index in [4.69, 9.17) is 11.6 Å². The summed E-state index contributed by atoms with van der Waals surface area (Å²) in [6, 6.07) is 0. The van der Waals surface area contributed by atoms with E-state index in [1.807, 2.05) is 19.0 Å². The zero-order chi connectivity index (χ0) is 11.7. The molecule has 0 saturated heterocycles. The SMILES string of the molecule is CCCn1nnc2c(N(C)C)nc(Cl)nc21. The van der Waals surface area contributed by atoms with Gasteiger partial charge in [-0.2, -0.15) is 9.97 Å². The largest absolute Gasteiger partial charge is 0.361 e. The third-order valence-electron chi connectivity index (χ3n) is 2.18. The first kappa shape index (κ1) is 11.1. The van der Waals surface area contributed by atoms with Crippen LogP contribution >= 0.6 is 11.6 Å². The van der Waals surface area contributed by atoms with E-state index >= 15 is 0 Å². The van der Waals surface area contributed by atoms with Crippen molar-refractivity contribution in [1.29, 1.82) is 0 Å². The lowest BCUT2D eigenvalue weighted by molar-refractivity contribution is 0.591. The summed E-state index contributed by atoms with van der Waals surface area (Å²) in [6.45, 7) is 2.85. The van der Waals surface area contributed by atoms with Gasteiger partial charge in [0.15, 0.2) is 17.0 Å². The predicted octanol–water partition coefficient (Wildman–Crippen LogP) is 1.35. The molecular formula is C9H13ClN6. The van der Waals surface area contributed by atoms with Crippen LogP contribution in [0.15, 0.2) is 0 Å². The smallest absolute Gasteiger partial charge is 0.226 e. The summed E-state index contributed by atoms with van der Waals surface area (Å²) >= 11 is 5.88. The Balaban J connectivity index is 2.65. The minimum absolute atomic E-state index is 0.218. The number of aromatic nitrogens is 5. The second-order valence-electron chi connectivity index (χ2n) is 3.70. The summed E-state index contributed by atoms with van der Waals surface area (Å²) in [5.74, 6) is 0.692. The molecule has 6 nitrogen and oxygen atoms in total. The Morgan fingerprint density at radius 1 is 1.31 bits per heavy atom. The number of fused-ring (bicyclic) bond motifs is 1. The van der Waals surface area contributed by atoms with Crippen LogP contribution in [0.25, 0.3) is 11.2 Å². The van der Waals surface area contributed by atoms with Gasteiger partial charge in [-0.15, -0.1) is 5.10 Å². The highest BCUT2D eigenvalue weighted by Crippen LogP contribution is 2.21. The normalized spacial score (nSPS) is 11.0. The molecule has 2 heterocycles. The van der Waals surface area contributed by atoms with Crippen LogP contribution in [0.2, 0.25) is 5.28 Å². The molecule has 0 spiro atoms. The van der Waals surface area contributed by atoms with Crippen LogP contribution in [-0.4, -0.2) is 39.1 Å². The number of hydrogen-bond acceptors (Lipinski definition) is 5. The molecule has 2 rings (SSSR count). The van der Waals surface area contributed by atoms with E-state index in [1.54, 1.807) is 4.68 Å². The van der Waals surface area contributed by atoms with Gasteiger partial charge < -0.3 is 4.90 Å². The van der Waals surface area contributed by atoms with E-state index in [9.17, 15) is 0 Å². The number of hydrogen-bond donors (Lipinski definition) is 0. The molecule has 2 aromatic rings. The summed E-state index contributed by atoms with van der Waals surface area (Å²) in [5.41, 5.74) is 1.37. The molecule has 0 N–H and O–H groups in total. The highest BCUT2D eigenvalue weighted by molar-refractivity contribution is 6.28. The maximum atomic E-state index is 5.88. The Morgan fingerprint density at radius 3 is 2.69 bits per heavy atom. The van der Waals surface area contributed by atoms with Gasteiger partial charge in [-0.25, -0.2) is 4.68 Å². The van der Waals surface area contributed by atoms with Crippen molar-refractivity contribution in [3.05, 3.63) is 5.28 Å². The number of anilines is 1. The average Bonchev–Trinajstić information content (AvgIpc) is 2.61. The van der Waals surface area contributed by atoms with Crippen LogP contribution in [0.3, 0.4) is 0 Å². The minimum Gasteiger partial charge on any atom is -0.361 e. The fraction of sp³-hybridized carbons (Fsp3) is 0.556. The molecule has 86 valence electrons. The van der Waals surface area contributed by atoms with Crippen LogP contribution in [0, 0.1) is 0 Å². The highest BCUT2D eigenvalue weighted by atomic mass is 35.5. The number of nitrogens with zero attached hydrogens (tertiary/aromatic N) is 6. The molecule has 0 atom stereocenters. The van der Waals surface area contributed by atoms with E-state index in [2.05, 4.69) is 27.2 Å². The molecule has 16 heavy (non-hydrogen) atoms. The fourth-order valence-electron chi connectivity index (χ4n) is 1.49. The summed E-state index contributed by atoms with van der Waals surface area (Å²) in [5, 5.41) is 8.35. The van der Waals surface area contributed by atoms with E-state index in [0.717, 1.165) is 13.0 Å². The van der Waals surface area contributed by atoms with Crippen LogP contribution in [0.1, 0.15) is 13.3 Å². The third-order valence-corrected chi connectivity index (χ3v) is 2.35. The van der Waals surface area contributed by atoms with Crippen molar-refractivity contribution in [2.75, 3.05) is 19.0 Å². The molecule has 0 aliphatic carbocycles. The van der Waals surface area contributed by atoms with Crippen LogP contribution in [0.5, 0.6) is 0 Å². The summed E-state index contributed by atoms with van der Waals surface area (Å²) < 4.78 is 1.75. The van der Waals surface area contributed by atoms with Gasteiger partial charge in [-0.1, -0.05) is 12.1 Å². The van der Waals surface area contributed by atoms with E-state index in [0.29, 0.717) is 17.0 Å². The first-order valence-electron chi connectivity index (χ1n) is 5.07. The van der Waals surface area contributed by atoms with Gasteiger partial charge in [0.05, 0.1) is 0 Å². The molecule has 0 unspecified atom stereocenters. The quantitative estimate of drug-likeness (QED) is 0.758. The van der Waals surface area contributed by atoms with Crippen LogP contribution in [0.4, 0.5) is 5.82 Å². The molecule has 0 fully saturated rings. The van der Waals surface area contributed by atoms with Crippen molar-refractivity contribution >= 4 is 28.6 Å². The van der Waals surface area contributed by atoms with Crippen LogP contribution in [-0.2, 0) is 6.54 Å². The number of aryl methyl sites for hydroxylation is 1. The molecule has 0 radical (unpaired) electrons. The van der Waals surface area contributed by atoms with Crippen molar-refractivity contribution in [1.82, 2.24) is 25.0 Å². The molecule has 0 saturated carbocycles. The van der Waals surface area contributed by atoms with Crippen molar-refractivity contribution in [2.24, 2.45) is 0 Å².